The Hall–Kier alpha value is -1.34. The summed E-state index contributed by atoms with van der Waals surface area (Å²) in [5.41, 5.74) is 0.861. The quantitative estimate of drug-likeness (QED) is 0.817. The van der Waals surface area contributed by atoms with Crippen LogP contribution in [0.3, 0.4) is 0 Å². The fourth-order valence-corrected chi connectivity index (χ4v) is 2.40. The molecule has 0 spiro atoms. The van der Waals surface area contributed by atoms with Crippen LogP contribution in [0.1, 0.15) is 44.3 Å². The molecule has 1 aliphatic rings. The van der Waals surface area contributed by atoms with Gasteiger partial charge in [0, 0.05) is 6.04 Å². The Bertz CT molecular complexity index is 352. The van der Waals surface area contributed by atoms with Crippen molar-refractivity contribution in [3.8, 4) is 6.07 Å². The van der Waals surface area contributed by atoms with E-state index in [9.17, 15) is 0 Å². The van der Waals surface area contributed by atoms with Gasteiger partial charge in [-0.3, -0.25) is 5.32 Å². The summed E-state index contributed by atoms with van der Waals surface area (Å²) in [7, 11) is 0. The molecule has 3 atom stereocenters. The molecule has 4 heteroatoms. The van der Waals surface area contributed by atoms with Crippen molar-refractivity contribution >= 4 is 0 Å². The van der Waals surface area contributed by atoms with Gasteiger partial charge < -0.3 is 4.98 Å². The van der Waals surface area contributed by atoms with Crippen molar-refractivity contribution in [1.82, 2.24) is 15.3 Å². The molecule has 0 amide bonds. The van der Waals surface area contributed by atoms with E-state index in [2.05, 4.69) is 28.3 Å². The van der Waals surface area contributed by atoms with Gasteiger partial charge in [0.1, 0.15) is 6.04 Å². The van der Waals surface area contributed by atoms with Crippen LogP contribution in [0, 0.1) is 17.2 Å². The zero-order valence-electron chi connectivity index (χ0n) is 9.61. The van der Waals surface area contributed by atoms with Gasteiger partial charge in [-0.1, -0.05) is 19.8 Å². The van der Waals surface area contributed by atoms with Gasteiger partial charge >= 0.3 is 0 Å². The first-order valence-corrected chi connectivity index (χ1v) is 5.95. The molecule has 0 aromatic carbocycles. The summed E-state index contributed by atoms with van der Waals surface area (Å²) >= 11 is 0. The normalized spacial score (nSPS) is 27.2. The maximum absolute atomic E-state index is 9.15. The minimum absolute atomic E-state index is 0.256. The molecule has 1 aliphatic carbocycles. The third kappa shape index (κ3) is 2.42. The van der Waals surface area contributed by atoms with Gasteiger partial charge in [0.2, 0.25) is 0 Å². The number of nitrogens with one attached hydrogen (secondary N) is 2. The van der Waals surface area contributed by atoms with E-state index < -0.39 is 0 Å². The fraction of sp³-hybridized carbons (Fsp3) is 0.667. The maximum atomic E-state index is 9.15. The molecule has 0 radical (unpaired) electrons. The Balaban J connectivity index is 1.99. The van der Waals surface area contributed by atoms with Crippen molar-refractivity contribution in [1.29, 1.82) is 5.26 Å². The van der Waals surface area contributed by atoms with E-state index >= 15 is 0 Å². The summed E-state index contributed by atoms with van der Waals surface area (Å²) in [6.07, 6.45) is 8.36. The number of rotatable bonds is 3. The van der Waals surface area contributed by atoms with Crippen molar-refractivity contribution in [3.05, 3.63) is 18.2 Å². The molecule has 16 heavy (non-hydrogen) atoms. The Labute approximate surface area is 96.1 Å². The Morgan fingerprint density at radius 2 is 2.38 bits per heavy atom. The summed E-state index contributed by atoms with van der Waals surface area (Å²) in [6.45, 7) is 2.26. The monoisotopic (exact) mass is 218 g/mol. The van der Waals surface area contributed by atoms with Crippen LogP contribution in [-0.4, -0.2) is 16.0 Å². The van der Waals surface area contributed by atoms with Gasteiger partial charge in [-0.2, -0.15) is 5.26 Å². The molecule has 4 nitrogen and oxygen atoms in total. The minimum atomic E-state index is -0.256. The third-order valence-electron chi connectivity index (χ3n) is 3.45. The average Bonchev–Trinajstić information content (AvgIpc) is 2.81. The van der Waals surface area contributed by atoms with Crippen molar-refractivity contribution < 1.29 is 0 Å². The molecule has 1 saturated carbocycles. The zero-order chi connectivity index (χ0) is 11.4. The van der Waals surface area contributed by atoms with Gasteiger partial charge in [0.15, 0.2) is 0 Å². The molecule has 1 aromatic rings. The van der Waals surface area contributed by atoms with E-state index in [-0.39, 0.29) is 6.04 Å². The molecule has 1 aromatic heterocycles. The number of nitriles is 1. The summed E-state index contributed by atoms with van der Waals surface area (Å²) in [4.78, 5) is 6.95. The van der Waals surface area contributed by atoms with Crippen molar-refractivity contribution in [2.45, 2.75) is 44.7 Å². The van der Waals surface area contributed by atoms with E-state index in [0.29, 0.717) is 12.0 Å². The third-order valence-corrected chi connectivity index (χ3v) is 3.45. The average molecular weight is 218 g/mol. The smallest absolute Gasteiger partial charge is 0.138 e. The van der Waals surface area contributed by atoms with Crippen molar-refractivity contribution in [3.63, 3.8) is 0 Å². The maximum Gasteiger partial charge on any atom is 0.138 e. The lowest BCUT2D eigenvalue weighted by molar-refractivity contribution is 0.270. The number of hydrogen-bond donors (Lipinski definition) is 2. The van der Waals surface area contributed by atoms with E-state index in [1.807, 2.05) is 0 Å². The Kier molecular flexibility index (Phi) is 3.58. The highest BCUT2D eigenvalue weighted by Crippen LogP contribution is 2.25. The van der Waals surface area contributed by atoms with Gasteiger partial charge in [-0.05, 0) is 18.8 Å². The summed E-state index contributed by atoms with van der Waals surface area (Å²) in [5, 5.41) is 12.6. The Morgan fingerprint density at radius 1 is 1.56 bits per heavy atom. The molecule has 86 valence electrons. The number of aromatic nitrogens is 2. The molecular weight excluding hydrogens is 200 g/mol. The summed E-state index contributed by atoms with van der Waals surface area (Å²) in [5.74, 6) is 0.660. The van der Waals surface area contributed by atoms with Crippen molar-refractivity contribution in [2.24, 2.45) is 5.92 Å². The van der Waals surface area contributed by atoms with Crippen LogP contribution >= 0.6 is 0 Å². The largest absolute Gasteiger partial charge is 0.346 e. The van der Waals surface area contributed by atoms with Crippen LogP contribution in [0.2, 0.25) is 0 Å². The molecule has 0 saturated heterocycles. The molecule has 3 unspecified atom stereocenters. The highest BCUT2D eigenvalue weighted by Gasteiger charge is 2.24. The molecule has 1 heterocycles. The number of hydrogen-bond acceptors (Lipinski definition) is 3. The van der Waals surface area contributed by atoms with Crippen LogP contribution in [0.25, 0.3) is 0 Å². The standard InChI is InChI=1S/C12H18N4/c1-9-4-2-3-5-10(9)16-11(6-13)12-7-14-8-15-12/h7-11,16H,2-5H2,1H3,(H,14,15). The van der Waals surface area contributed by atoms with E-state index in [0.717, 1.165) is 5.69 Å². The van der Waals surface area contributed by atoms with Gasteiger partial charge in [-0.15, -0.1) is 0 Å². The van der Waals surface area contributed by atoms with Crippen LogP contribution in [0.4, 0.5) is 0 Å². The molecular formula is C12H18N4. The Morgan fingerprint density at radius 3 is 3.00 bits per heavy atom. The van der Waals surface area contributed by atoms with E-state index in [1.54, 1.807) is 12.5 Å². The molecule has 0 aliphatic heterocycles. The highest BCUT2D eigenvalue weighted by molar-refractivity contribution is 5.12. The van der Waals surface area contributed by atoms with Crippen LogP contribution < -0.4 is 5.32 Å². The first kappa shape index (κ1) is 11.2. The lowest BCUT2D eigenvalue weighted by Gasteiger charge is -2.31. The second-order valence-corrected chi connectivity index (χ2v) is 4.60. The number of aromatic amines is 1. The van der Waals surface area contributed by atoms with Crippen molar-refractivity contribution in [2.75, 3.05) is 0 Å². The van der Waals surface area contributed by atoms with E-state index in [1.165, 1.54) is 25.7 Å². The molecule has 2 rings (SSSR count). The molecule has 1 fully saturated rings. The number of imidazole rings is 1. The predicted molar refractivity (Wildman–Crippen MR) is 61.5 cm³/mol. The second kappa shape index (κ2) is 5.13. The van der Waals surface area contributed by atoms with Crippen LogP contribution in [0.15, 0.2) is 12.5 Å². The SMILES string of the molecule is CC1CCCCC1NC(C#N)c1cnc[nH]1. The summed E-state index contributed by atoms with van der Waals surface area (Å²) in [6, 6.07) is 2.49. The number of H-pyrrole nitrogens is 1. The lowest BCUT2D eigenvalue weighted by Crippen LogP contribution is -2.39. The molecule has 2 N–H and O–H groups in total. The first-order chi connectivity index (χ1) is 7.81. The van der Waals surface area contributed by atoms with Crippen LogP contribution in [-0.2, 0) is 0 Å². The summed E-state index contributed by atoms with van der Waals surface area (Å²) < 4.78 is 0. The first-order valence-electron chi connectivity index (χ1n) is 5.95. The van der Waals surface area contributed by atoms with Gasteiger partial charge in [-0.25, -0.2) is 4.98 Å². The molecule has 0 bridgehead atoms. The second-order valence-electron chi connectivity index (χ2n) is 4.60. The van der Waals surface area contributed by atoms with E-state index in [4.69, 9.17) is 5.26 Å². The van der Waals surface area contributed by atoms with Gasteiger partial charge in [0.25, 0.3) is 0 Å². The fourth-order valence-electron chi connectivity index (χ4n) is 2.40. The van der Waals surface area contributed by atoms with Gasteiger partial charge in [0.05, 0.1) is 24.3 Å². The predicted octanol–water partition coefficient (Wildman–Crippen LogP) is 2.14. The number of nitrogens with zero attached hydrogens (tertiary/aromatic N) is 2. The lowest BCUT2D eigenvalue weighted by atomic mass is 9.85. The zero-order valence-corrected chi connectivity index (χ0v) is 9.61. The topological polar surface area (TPSA) is 64.5 Å². The minimum Gasteiger partial charge on any atom is -0.346 e. The van der Waals surface area contributed by atoms with Crippen LogP contribution in [0.5, 0.6) is 0 Å². The highest BCUT2D eigenvalue weighted by atomic mass is 15.0.